The molecule has 1 atom stereocenters. The summed E-state index contributed by atoms with van der Waals surface area (Å²) in [6.07, 6.45) is -1.88. The summed E-state index contributed by atoms with van der Waals surface area (Å²) in [7, 11) is -2.68. The lowest BCUT2D eigenvalue weighted by atomic mass is 9.95. The van der Waals surface area contributed by atoms with Crippen LogP contribution >= 0.6 is 23.2 Å². The molecule has 0 aromatic heterocycles. The van der Waals surface area contributed by atoms with E-state index in [1.807, 2.05) is 17.0 Å². The lowest BCUT2D eigenvalue weighted by Gasteiger charge is -2.47. The Balaban J connectivity index is 0.967. The molecule has 4 aromatic rings. The van der Waals surface area contributed by atoms with Gasteiger partial charge in [-0.3, -0.25) is 14.5 Å². The van der Waals surface area contributed by atoms with E-state index < -0.39 is 20.4 Å². The molecule has 302 valence electrons. The minimum Gasteiger partial charge on any atom is -0.404 e. The molecule has 12 heteroatoms. The molecule has 0 spiro atoms. The van der Waals surface area contributed by atoms with Gasteiger partial charge in [-0.15, -0.1) is 0 Å². The predicted octanol–water partition coefficient (Wildman–Crippen LogP) is 9.22. The molecule has 7 rings (SSSR count). The fourth-order valence-corrected chi connectivity index (χ4v) is 14.3. The monoisotopic (exact) mass is 835 g/mol. The van der Waals surface area contributed by atoms with Crippen LogP contribution in [0.15, 0.2) is 97.1 Å². The first-order chi connectivity index (χ1) is 27.2. The number of benzene rings is 4. The van der Waals surface area contributed by atoms with E-state index in [4.69, 9.17) is 27.6 Å². The van der Waals surface area contributed by atoms with Crippen LogP contribution in [0.2, 0.25) is 15.1 Å². The van der Waals surface area contributed by atoms with Crippen molar-refractivity contribution in [3.05, 3.63) is 118 Å². The average Bonchev–Trinajstić information content (AvgIpc) is 3.57. The van der Waals surface area contributed by atoms with Crippen molar-refractivity contribution >= 4 is 53.7 Å². The highest BCUT2D eigenvalue weighted by atomic mass is 35.5. The third-order valence-electron chi connectivity index (χ3n) is 12.1. The summed E-state index contributed by atoms with van der Waals surface area (Å²) in [6, 6.07) is 31.8. The van der Waals surface area contributed by atoms with Crippen LogP contribution in [0, 0.1) is 5.92 Å². The van der Waals surface area contributed by atoms with Crippen molar-refractivity contribution in [3.8, 4) is 11.1 Å². The van der Waals surface area contributed by atoms with Crippen LogP contribution in [0.5, 0.6) is 0 Å². The van der Waals surface area contributed by atoms with E-state index in [1.54, 1.807) is 24.3 Å². The zero-order chi connectivity index (χ0) is 40.5. The lowest BCUT2D eigenvalue weighted by molar-refractivity contribution is -0.183. The SMILES string of the molecule is CC(C)(C)[Si](OC1CCN(C2CCN(Cc3c(Cl)cc(-c4ccc(C(=O)N5CCC(C(F)(F)F)CC5)cc4)cc3Cl)C2=O)CC1)(c1ccccc1)c1ccccc1. The molecule has 4 aromatic carbocycles. The molecule has 0 saturated carbocycles. The molecule has 3 fully saturated rings. The number of amides is 2. The summed E-state index contributed by atoms with van der Waals surface area (Å²) in [6.45, 7) is 9.54. The van der Waals surface area contributed by atoms with Crippen LogP contribution in [-0.2, 0) is 15.8 Å². The van der Waals surface area contributed by atoms with Crippen molar-refractivity contribution in [1.82, 2.24) is 14.7 Å². The minimum absolute atomic E-state index is 0.0784. The third kappa shape index (κ3) is 8.71. The maximum Gasteiger partial charge on any atom is 0.391 e. The van der Waals surface area contributed by atoms with Crippen molar-refractivity contribution in [3.63, 3.8) is 0 Å². The molecule has 3 aliphatic rings. The Labute approximate surface area is 345 Å². The van der Waals surface area contributed by atoms with Gasteiger partial charge in [-0.25, -0.2) is 0 Å². The number of piperidine rings is 2. The number of hydrogen-bond acceptors (Lipinski definition) is 4. The van der Waals surface area contributed by atoms with Crippen LogP contribution in [0.1, 0.15) is 68.8 Å². The molecule has 3 aliphatic heterocycles. The maximum atomic E-state index is 13.9. The fourth-order valence-electron chi connectivity index (χ4n) is 8.97. The van der Waals surface area contributed by atoms with Crippen molar-refractivity contribution in [2.75, 3.05) is 32.7 Å². The van der Waals surface area contributed by atoms with E-state index >= 15 is 0 Å². The molecule has 1 unspecified atom stereocenters. The Hall–Kier alpha value is -3.67. The van der Waals surface area contributed by atoms with Gasteiger partial charge in [0, 0.05) is 66.5 Å². The summed E-state index contributed by atoms with van der Waals surface area (Å²) >= 11 is 13.7. The third-order valence-corrected chi connectivity index (χ3v) is 17.9. The molecule has 3 saturated heterocycles. The predicted molar refractivity (Wildman–Crippen MR) is 224 cm³/mol. The van der Waals surface area contributed by atoms with Gasteiger partial charge in [-0.2, -0.15) is 13.2 Å². The van der Waals surface area contributed by atoms with Crippen molar-refractivity contribution in [2.24, 2.45) is 5.92 Å². The quantitative estimate of drug-likeness (QED) is 0.158. The summed E-state index contributed by atoms with van der Waals surface area (Å²) in [5.41, 5.74) is 2.64. The second-order valence-corrected chi connectivity index (χ2v) is 21.8. The maximum absolute atomic E-state index is 13.9. The van der Waals surface area contributed by atoms with Crippen molar-refractivity contribution in [1.29, 1.82) is 0 Å². The Morgan fingerprint density at radius 3 is 1.79 bits per heavy atom. The van der Waals surface area contributed by atoms with Crippen LogP contribution in [0.4, 0.5) is 13.2 Å². The molecule has 0 radical (unpaired) electrons. The van der Waals surface area contributed by atoms with E-state index in [1.165, 1.54) is 15.3 Å². The topological polar surface area (TPSA) is 53.1 Å². The van der Waals surface area contributed by atoms with Gasteiger partial charge < -0.3 is 14.2 Å². The molecule has 0 bridgehead atoms. The standard InChI is InChI=1S/C45H50Cl2F3N3O3Si/c1-44(2,3)57(36-10-6-4-7-11-36,37-12-8-5-9-13-37)56-35-20-25-51(26-21-35)41-22-27-53(43(41)55)30-38-39(46)28-33(29-40(38)47)31-14-16-32(17-15-31)42(54)52-23-18-34(19-24-52)45(48,49)50/h4-17,28-29,34-35,41H,18-27,30H2,1-3H3. The number of halogens is 5. The zero-order valence-corrected chi connectivity index (χ0v) is 35.2. The Morgan fingerprint density at radius 2 is 1.28 bits per heavy atom. The van der Waals surface area contributed by atoms with Crippen LogP contribution in [-0.4, -0.2) is 85.9 Å². The van der Waals surface area contributed by atoms with Gasteiger partial charge in [0.2, 0.25) is 5.91 Å². The Morgan fingerprint density at radius 1 is 0.737 bits per heavy atom. The molecule has 0 aliphatic carbocycles. The lowest BCUT2D eigenvalue weighted by Crippen LogP contribution is -2.68. The molecule has 6 nitrogen and oxygen atoms in total. The van der Waals surface area contributed by atoms with Gasteiger partial charge in [0.15, 0.2) is 0 Å². The molecule has 57 heavy (non-hydrogen) atoms. The highest BCUT2D eigenvalue weighted by Crippen LogP contribution is 2.40. The second-order valence-electron chi connectivity index (χ2n) is 16.7. The Bertz CT molecular complexity index is 1970. The summed E-state index contributed by atoms with van der Waals surface area (Å²) < 4.78 is 46.7. The fraction of sp³-hybridized carbons (Fsp3) is 0.422. The number of rotatable bonds is 9. The molecule has 0 N–H and O–H groups in total. The van der Waals surface area contributed by atoms with Gasteiger partial charge in [0.05, 0.1) is 12.0 Å². The summed E-state index contributed by atoms with van der Waals surface area (Å²) in [4.78, 5) is 32.6. The summed E-state index contributed by atoms with van der Waals surface area (Å²) in [5.74, 6) is -1.56. The first-order valence-electron chi connectivity index (χ1n) is 19.9. The van der Waals surface area contributed by atoms with E-state index in [9.17, 15) is 22.8 Å². The highest BCUT2D eigenvalue weighted by molar-refractivity contribution is 6.99. The normalized spacial score (nSPS) is 19.4. The number of hydrogen-bond donors (Lipinski definition) is 0. The van der Waals surface area contributed by atoms with E-state index in [0.29, 0.717) is 34.3 Å². The van der Waals surface area contributed by atoms with Gasteiger partial charge >= 0.3 is 6.18 Å². The highest BCUT2D eigenvalue weighted by Gasteiger charge is 2.52. The van der Waals surface area contributed by atoms with Crippen LogP contribution in [0.25, 0.3) is 11.1 Å². The molecular formula is C45H50Cl2F3N3O3Si. The van der Waals surface area contributed by atoms with Gasteiger partial charge in [0.25, 0.3) is 14.2 Å². The van der Waals surface area contributed by atoms with Gasteiger partial charge in [-0.1, -0.05) is 117 Å². The Kier molecular flexibility index (Phi) is 12.3. The largest absolute Gasteiger partial charge is 0.404 e. The molecule has 3 heterocycles. The van der Waals surface area contributed by atoms with Gasteiger partial charge in [-0.05, 0) is 82.9 Å². The van der Waals surface area contributed by atoms with Crippen LogP contribution in [0.3, 0.4) is 0 Å². The summed E-state index contributed by atoms with van der Waals surface area (Å²) in [5, 5.41) is 3.33. The number of nitrogens with zero attached hydrogens (tertiary/aromatic N) is 3. The van der Waals surface area contributed by atoms with E-state index in [0.717, 1.165) is 43.5 Å². The first-order valence-corrected chi connectivity index (χ1v) is 22.6. The smallest absolute Gasteiger partial charge is 0.391 e. The van der Waals surface area contributed by atoms with Crippen LogP contribution < -0.4 is 10.4 Å². The van der Waals surface area contributed by atoms with Gasteiger partial charge in [0.1, 0.15) is 0 Å². The minimum atomic E-state index is -4.23. The number of alkyl halides is 3. The van der Waals surface area contributed by atoms with E-state index in [-0.39, 0.29) is 54.9 Å². The van der Waals surface area contributed by atoms with Crippen molar-refractivity contribution < 1.29 is 27.2 Å². The van der Waals surface area contributed by atoms with Crippen molar-refractivity contribution in [2.45, 2.75) is 82.8 Å². The van der Waals surface area contributed by atoms with E-state index in [2.05, 4.69) is 86.3 Å². The zero-order valence-electron chi connectivity index (χ0n) is 32.7. The number of carbonyl (C=O) groups is 2. The first kappa shape index (κ1) is 41.5. The molecular weight excluding hydrogens is 786 g/mol. The average molecular weight is 837 g/mol. The molecule has 2 amide bonds. The number of carbonyl (C=O) groups excluding carboxylic acids is 2. The number of likely N-dealkylation sites (tertiary alicyclic amines) is 3. The second kappa shape index (κ2) is 16.9.